The lowest BCUT2D eigenvalue weighted by atomic mass is 10.00. The van der Waals surface area contributed by atoms with Gasteiger partial charge in [-0.25, -0.2) is 15.0 Å². The van der Waals surface area contributed by atoms with Crippen molar-refractivity contribution in [2.24, 2.45) is 0 Å². The fourth-order valence-corrected chi connectivity index (χ4v) is 9.87. The highest BCUT2D eigenvalue weighted by Crippen LogP contribution is 2.41. The molecule has 0 N–H and O–H groups in total. The average molecular weight is 783 g/mol. The minimum Gasteiger partial charge on any atom is -0.308 e. The lowest BCUT2D eigenvalue weighted by Gasteiger charge is -2.17. The highest BCUT2D eigenvalue weighted by atomic mass is 32.1. The minimum atomic E-state index is 0.608. The molecule has 0 unspecified atom stereocenters. The summed E-state index contributed by atoms with van der Waals surface area (Å²) in [4.78, 5) is 15.9. The smallest absolute Gasteiger partial charge is 0.166 e. The van der Waals surface area contributed by atoms with Gasteiger partial charge in [-0.2, -0.15) is 0 Å². The summed E-state index contributed by atoms with van der Waals surface area (Å²) in [5.74, 6) is 1.85. The summed E-state index contributed by atoms with van der Waals surface area (Å²) in [6.45, 7) is 0. The molecular weight excluding hydrogens is 749 g/mol. The van der Waals surface area contributed by atoms with Crippen molar-refractivity contribution in [1.29, 1.82) is 0 Å². The molecule has 0 bridgehead atoms. The molecule has 3 heterocycles. The van der Waals surface area contributed by atoms with Crippen molar-refractivity contribution < 1.29 is 0 Å². The molecule has 5 heteroatoms. The SMILES string of the molecule is c1ccc(-c2ccc(-c3nc(-c4ccccc4)nc(-c4cccc(-c5ccc6sc7ccccc7c6c5)c4)n3)c(-n3c4ccccc4c4ccc5ccccc5c43)c2)cc1. The van der Waals surface area contributed by atoms with Crippen LogP contribution in [0, 0.1) is 0 Å². The van der Waals surface area contributed by atoms with Crippen molar-refractivity contribution >= 4 is 64.1 Å². The first-order valence-corrected chi connectivity index (χ1v) is 21.0. The highest BCUT2D eigenvalue weighted by Gasteiger charge is 2.22. The van der Waals surface area contributed by atoms with Gasteiger partial charge in [-0.3, -0.25) is 0 Å². The molecule has 0 aliphatic carbocycles. The van der Waals surface area contributed by atoms with Crippen LogP contribution in [0.2, 0.25) is 0 Å². The molecule has 280 valence electrons. The third kappa shape index (κ3) is 5.70. The van der Waals surface area contributed by atoms with Crippen molar-refractivity contribution in [2.75, 3.05) is 0 Å². The normalized spacial score (nSPS) is 11.7. The van der Waals surface area contributed by atoms with E-state index in [1.165, 1.54) is 41.7 Å². The first kappa shape index (κ1) is 34.3. The van der Waals surface area contributed by atoms with Crippen LogP contribution in [0.4, 0.5) is 0 Å². The van der Waals surface area contributed by atoms with Crippen LogP contribution in [-0.2, 0) is 0 Å². The number of hydrogen-bond acceptors (Lipinski definition) is 4. The molecule has 0 saturated heterocycles. The summed E-state index contributed by atoms with van der Waals surface area (Å²) in [5, 5.41) is 7.34. The fourth-order valence-electron chi connectivity index (χ4n) is 8.78. The zero-order valence-corrected chi connectivity index (χ0v) is 33.1. The molecular formula is C55H34N4S. The largest absolute Gasteiger partial charge is 0.308 e. The molecule has 0 spiro atoms. The first-order valence-electron chi connectivity index (χ1n) is 20.2. The Kier molecular flexibility index (Phi) is 8.00. The van der Waals surface area contributed by atoms with Crippen molar-refractivity contribution in [2.45, 2.75) is 0 Å². The number of aromatic nitrogens is 4. The number of fused-ring (bicyclic) bond motifs is 8. The summed E-state index contributed by atoms with van der Waals surface area (Å²) in [5.41, 5.74) is 10.6. The predicted molar refractivity (Wildman–Crippen MR) is 252 cm³/mol. The fraction of sp³-hybridized carbons (Fsp3) is 0. The van der Waals surface area contributed by atoms with E-state index in [4.69, 9.17) is 15.0 Å². The third-order valence-corrected chi connectivity index (χ3v) is 12.8. The molecule has 0 aliphatic rings. The van der Waals surface area contributed by atoms with E-state index in [0.717, 1.165) is 55.7 Å². The summed E-state index contributed by atoms with van der Waals surface area (Å²) in [6.07, 6.45) is 0. The van der Waals surface area contributed by atoms with Crippen LogP contribution in [0.25, 0.3) is 115 Å². The van der Waals surface area contributed by atoms with E-state index in [1.54, 1.807) is 0 Å². The van der Waals surface area contributed by atoms with E-state index in [0.29, 0.717) is 17.5 Å². The maximum Gasteiger partial charge on any atom is 0.166 e. The maximum absolute atomic E-state index is 5.38. The lowest BCUT2D eigenvalue weighted by molar-refractivity contribution is 1.06. The summed E-state index contributed by atoms with van der Waals surface area (Å²) < 4.78 is 5.01. The number of thiophene rings is 1. The van der Waals surface area contributed by atoms with Gasteiger partial charge in [-0.1, -0.05) is 164 Å². The zero-order chi connectivity index (χ0) is 39.6. The Bertz CT molecular complexity index is 3610. The van der Waals surface area contributed by atoms with Gasteiger partial charge in [0, 0.05) is 53.0 Å². The Labute approximate surface area is 350 Å². The second kappa shape index (κ2) is 14.0. The standard InChI is InChI=1S/C55H34N4S/c1-3-14-35(15-4-1)40-27-30-46(49(34-40)59-48-24-11-9-22-43(48)45-29-26-36-16-7-8-21-42(36)52(45)59)55-57-53(37-17-5-2-6-18-37)56-54(58-55)41-20-13-19-38(32-41)39-28-31-51-47(33-39)44-23-10-12-25-50(44)60-51/h1-34H. The summed E-state index contributed by atoms with van der Waals surface area (Å²) in [6, 6.07) is 73.4. The van der Waals surface area contributed by atoms with Crippen LogP contribution in [0.3, 0.4) is 0 Å². The molecule has 9 aromatic carbocycles. The monoisotopic (exact) mass is 782 g/mol. The molecule has 0 amide bonds. The predicted octanol–water partition coefficient (Wildman–Crippen LogP) is 14.8. The van der Waals surface area contributed by atoms with Crippen molar-refractivity contribution in [3.63, 3.8) is 0 Å². The van der Waals surface area contributed by atoms with E-state index in [-0.39, 0.29) is 0 Å². The number of para-hydroxylation sites is 1. The van der Waals surface area contributed by atoms with E-state index in [2.05, 4.69) is 193 Å². The second-order valence-electron chi connectivity index (χ2n) is 15.2. The molecule has 0 aliphatic heterocycles. The zero-order valence-electron chi connectivity index (χ0n) is 32.3. The van der Waals surface area contributed by atoms with Crippen LogP contribution in [0.15, 0.2) is 206 Å². The number of rotatable bonds is 6. The van der Waals surface area contributed by atoms with Gasteiger partial charge >= 0.3 is 0 Å². The first-order chi connectivity index (χ1) is 29.7. The topological polar surface area (TPSA) is 43.6 Å². The van der Waals surface area contributed by atoms with Gasteiger partial charge in [0.05, 0.1) is 16.7 Å². The summed E-state index contributed by atoms with van der Waals surface area (Å²) >= 11 is 1.84. The Morgan fingerprint density at radius 3 is 1.78 bits per heavy atom. The second-order valence-corrected chi connectivity index (χ2v) is 16.3. The number of nitrogens with zero attached hydrogens (tertiary/aromatic N) is 4. The van der Waals surface area contributed by atoms with Crippen molar-refractivity contribution in [3.8, 4) is 62.1 Å². The summed E-state index contributed by atoms with van der Waals surface area (Å²) in [7, 11) is 0. The van der Waals surface area contributed by atoms with E-state index in [9.17, 15) is 0 Å². The molecule has 0 radical (unpaired) electrons. The van der Waals surface area contributed by atoms with E-state index >= 15 is 0 Å². The van der Waals surface area contributed by atoms with Gasteiger partial charge in [-0.05, 0) is 70.1 Å². The van der Waals surface area contributed by atoms with Gasteiger partial charge in [0.25, 0.3) is 0 Å². The Hall–Kier alpha value is -7.73. The van der Waals surface area contributed by atoms with Gasteiger partial charge in [0.1, 0.15) is 0 Å². The van der Waals surface area contributed by atoms with Crippen LogP contribution in [0.1, 0.15) is 0 Å². The molecule has 60 heavy (non-hydrogen) atoms. The number of benzene rings is 9. The molecule has 0 fully saturated rings. The van der Waals surface area contributed by atoms with Crippen LogP contribution >= 0.6 is 11.3 Å². The highest BCUT2D eigenvalue weighted by molar-refractivity contribution is 7.25. The molecule has 3 aromatic heterocycles. The van der Waals surface area contributed by atoms with Gasteiger partial charge in [-0.15, -0.1) is 11.3 Å². The molecule has 4 nitrogen and oxygen atoms in total. The van der Waals surface area contributed by atoms with Gasteiger partial charge in [0.2, 0.25) is 0 Å². The van der Waals surface area contributed by atoms with Crippen molar-refractivity contribution in [1.82, 2.24) is 19.5 Å². The van der Waals surface area contributed by atoms with E-state index < -0.39 is 0 Å². The minimum absolute atomic E-state index is 0.608. The lowest BCUT2D eigenvalue weighted by Crippen LogP contribution is -2.04. The Morgan fingerprint density at radius 2 is 0.933 bits per heavy atom. The van der Waals surface area contributed by atoms with Crippen molar-refractivity contribution in [3.05, 3.63) is 206 Å². The van der Waals surface area contributed by atoms with E-state index in [1.807, 2.05) is 29.5 Å². The van der Waals surface area contributed by atoms with Crippen LogP contribution < -0.4 is 0 Å². The van der Waals surface area contributed by atoms with Crippen LogP contribution in [0.5, 0.6) is 0 Å². The number of hydrogen-bond donors (Lipinski definition) is 0. The van der Waals surface area contributed by atoms with Crippen LogP contribution in [-0.4, -0.2) is 19.5 Å². The molecule has 12 aromatic rings. The molecule has 0 saturated carbocycles. The average Bonchev–Trinajstić information content (AvgIpc) is 3.87. The Balaban J connectivity index is 1.10. The van der Waals surface area contributed by atoms with Gasteiger partial charge in [0.15, 0.2) is 17.5 Å². The quantitative estimate of drug-likeness (QED) is 0.169. The molecule has 12 rings (SSSR count). The molecule has 0 atom stereocenters. The Morgan fingerprint density at radius 1 is 0.333 bits per heavy atom. The van der Waals surface area contributed by atoms with Gasteiger partial charge < -0.3 is 4.57 Å². The maximum atomic E-state index is 5.38. The third-order valence-electron chi connectivity index (χ3n) is 11.6.